The summed E-state index contributed by atoms with van der Waals surface area (Å²) < 4.78 is 5.37. The fraction of sp³-hybridized carbons (Fsp3) is 0.250. The van der Waals surface area contributed by atoms with Crippen LogP contribution in [0.5, 0.6) is 0 Å². The first-order chi connectivity index (χ1) is 11.2. The molecule has 3 heteroatoms. The molecule has 0 aromatic heterocycles. The monoisotopic (exact) mass is 309 g/mol. The van der Waals surface area contributed by atoms with E-state index in [2.05, 4.69) is 4.90 Å². The summed E-state index contributed by atoms with van der Waals surface area (Å²) in [5.41, 5.74) is 2.57. The van der Waals surface area contributed by atoms with E-state index >= 15 is 0 Å². The van der Waals surface area contributed by atoms with E-state index in [0.717, 1.165) is 24.1 Å². The topological polar surface area (TPSA) is 29.5 Å². The van der Waals surface area contributed by atoms with Gasteiger partial charge in [0.15, 0.2) is 0 Å². The maximum Gasteiger partial charge on any atom is 0.338 e. The Kier molecular flexibility index (Phi) is 6.57. The van der Waals surface area contributed by atoms with Crippen LogP contribution in [0.2, 0.25) is 0 Å². The van der Waals surface area contributed by atoms with E-state index in [4.69, 9.17) is 4.74 Å². The predicted octanol–water partition coefficient (Wildman–Crippen LogP) is 3.97. The molecule has 0 radical (unpaired) electrons. The van der Waals surface area contributed by atoms with Crippen molar-refractivity contribution in [3.8, 4) is 0 Å². The van der Waals surface area contributed by atoms with E-state index in [0.29, 0.717) is 12.2 Å². The van der Waals surface area contributed by atoms with Crippen molar-refractivity contribution in [1.82, 2.24) is 4.90 Å². The Morgan fingerprint density at radius 1 is 1.00 bits per heavy atom. The highest BCUT2D eigenvalue weighted by Crippen LogP contribution is 2.14. The number of hydrogen-bond donors (Lipinski definition) is 0. The number of esters is 1. The van der Waals surface area contributed by atoms with Crippen molar-refractivity contribution in [3.63, 3.8) is 0 Å². The summed E-state index contributed by atoms with van der Waals surface area (Å²) in [5.74, 6) is -0.267. The van der Waals surface area contributed by atoms with Crippen LogP contribution < -0.4 is 0 Å². The summed E-state index contributed by atoms with van der Waals surface area (Å²) in [7, 11) is 4.01. The van der Waals surface area contributed by atoms with Crippen LogP contribution in [-0.2, 0) is 4.74 Å². The average Bonchev–Trinajstić information content (AvgIpc) is 2.58. The van der Waals surface area contributed by atoms with E-state index in [1.807, 2.05) is 74.8 Å². The molecule has 0 spiro atoms. The smallest absolute Gasteiger partial charge is 0.338 e. The number of ether oxygens (including phenoxy) is 1. The second-order valence-corrected chi connectivity index (χ2v) is 5.62. The minimum atomic E-state index is -0.267. The van der Waals surface area contributed by atoms with Crippen molar-refractivity contribution in [1.29, 1.82) is 0 Å². The van der Waals surface area contributed by atoms with Gasteiger partial charge in [-0.3, -0.25) is 0 Å². The van der Waals surface area contributed by atoms with Crippen LogP contribution in [0.3, 0.4) is 0 Å². The number of carbonyl (C=O) groups is 1. The molecule has 0 N–H and O–H groups in total. The third kappa shape index (κ3) is 5.72. The Labute approximate surface area is 138 Å². The maximum absolute atomic E-state index is 12.3. The van der Waals surface area contributed by atoms with Gasteiger partial charge in [0.2, 0.25) is 0 Å². The SMILES string of the molecule is CN(C)CCCOC(=O)c1ccccc1C=Cc1ccccc1. The van der Waals surface area contributed by atoms with Crippen molar-refractivity contribution < 1.29 is 9.53 Å². The van der Waals surface area contributed by atoms with Crippen LogP contribution >= 0.6 is 0 Å². The lowest BCUT2D eigenvalue weighted by Crippen LogP contribution is -2.16. The second kappa shape index (κ2) is 8.91. The fourth-order valence-corrected chi connectivity index (χ4v) is 2.20. The minimum absolute atomic E-state index is 0.267. The van der Waals surface area contributed by atoms with Gasteiger partial charge in [-0.2, -0.15) is 0 Å². The maximum atomic E-state index is 12.3. The standard InChI is InChI=1S/C20H23NO2/c1-21(2)15-8-16-23-20(22)19-12-7-6-11-18(19)14-13-17-9-4-3-5-10-17/h3-7,9-14H,8,15-16H2,1-2H3. The van der Waals surface area contributed by atoms with Crippen molar-refractivity contribution in [2.45, 2.75) is 6.42 Å². The molecule has 0 aliphatic heterocycles. The third-order valence-corrected chi connectivity index (χ3v) is 3.42. The average molecular weight is 309 g/mol. The van der Waals surface area contributed by atoms with Crippen LogP contribution in [0.15, 0.2) is 54.6 Å². The van der Waals surface area contributed by atoms with Gasteiger partial charge in [-0.15, -0.1) is 0 Å². The van der Waals surface area contributed by atoms with Crippen molar-refractivity contribution in [2.24, 2.45) is 0 Å². The first kappa shape index (κ1) is 17.0. The van der Waals surface area contributed by atoms with Crippen LogP contribution in [0.4, 0.5) is 0 Å². The number of carbonyl (C=O) groups excluding carboxylic acids is 1. The highest BCUT2D eigenvalue weighted by atomic mass is 16.5. The first-order valence-corrected chi connectivity index (χ1v) is 7.81. The number of benzene rings is 2. The lowest BCUT2D eigenvalue weighted by Gasteiger charge is -2.10. The Morgan fingerprint density at radius 3 is 2.43 bits per heavy atom. The number of rotatable bonds is 7. The molecular formula is C20H23NO2. The van der Waals surface area contributed by atoms with E-state index in [1.54, 1.807) is 6.07 Å². The zero-order valence-corrected chi connectivity index (χ0v) is 13.7. The Balaban J connectivity index is 2.02. The zero-order chi connectivity index (χ0) is 16.5. The molecule has 0 saturated carbocycles. The predicted molar refractivity (Wildman–Crippen MR) is 95.3 cm³/mol. The lowest BCUT2D eigenvalue weighted by molar-refractivity contribution is 0.0493. The van der Waals surface area contributed by atoms with E-state index < -0.39 is 0 Å². The Morgan fingerprint density at radius 2 is 1.70 bits per heavy atom. The van der Waals surface area contributed by atoms with Gasteiger partial charge in [0, 0.05) is 6.54 Å². The quantitative estimate of drug-likeness (QED) is 0.440. The van der Waals surface area contributed by atoms with Gasteiger partial charge in [0.05, 0.1) is 12.2 Å². The molecule has 0 heterocycles. The molecule has 0 atom stereocenters. The lowest BCUT2D eigenvalue weighted by atomic mass is 10.1. The minimum Gasteiger partial charge on any atom is -0.462 e. The Bertz CT molecular complexity index is 648. The van der Waals surface area contributed by atoms with Crippen LogP contribution in [0.25, 0.3) is 12.2 Å². The second-order valence-electron chi connectivity index (χ2n) is 5.62. The summed E-state index contributed by atoms with van der Waals surface area (Å²) >= 11 is 0. The van der Waals surface area contributed by atoms with Gasteiger partial charge in [-0.05, 0) is 37.7 Å². The molecule has 0 bridgehead atoms. The molecular weight excluding hydrogens is 286 g/mol. The van der Waals surface area contributed by atoms with Crippen molar-refractivity contribution in [2.75, 3.05) is 27.2 Å². The van der Waals surface area contributed by atoms with Gasteiger partial charge < -0.3 is 9.64 Å². The van der Waals surface area contributed by atoms with Crippen molar-refractivity contribution in [3.05, 3.63) is 71.3 Å². The van der Waals surface area contributed by atoms with Gasteiger partial charge in [0.25, 0.3) is 0 Å². The highest BCUT2D eigenvalue weighted by Gasteiger charge is 2.10. The van der Waals surface area contributed by atoms with E-state index in [9.17, 15) is 4.79 Å². The van der Waals surface area contributed by atoms with Gasteiger partial charge in [-0.1, -0.05) is 60.7 Å². The highest BCUT2D eigenvalue weighted by molar-refractivity contribution is 5.94. The molecule has 120 valence electrons. The van der Waals surface area contributed by atoms with Gasteiger partial charge >= 0.3 is 5.97 Å². The fourth-order valence-electron chi connectivity index (χ4n) is 2.20. The molecule has 3 nitrogen and oxygen atoms in total. The molecule has 0 fully saturated rings. The largest absolute Gasteiger partial charge is 0.462 e. The van der Waals surface area contributed by atoms with Crippen LogP contribution in [0.1, 0.15) is 27.9 Å². The van der Waals surface area contributed by atoms with E-state index in [1.165, 1.54) is 0 Å². The summed E-state index contributed by atoms with van der Waals surface area (Å²) in [6.45, 7) is 1.34. The van der Waals surface area contributed by atoms with Gasteiger partial charge in [-0.25, -0.2) is 4.79 Å². The first-order valence-electron chi connectivity index (χ1n) is 7.81. The molecule has 0 aliphatic rings. The summed E-state index contributed by atoms with van der Waals surface area (Å²) in [6, 6.07) is 17.5. The van der Waals surface area contributed by atoms with E-state index in [-0.39, 0.29) is 5.97 Å². The molecule has 0 aliphatic carbocycles. The normalized spacial score (nSPS) is 11.1. The van der Waals surface area contributed by atoms with Crippen LogP contribution in [0, 0.1) is 0 Å². The van der Waals surface area contributed by atoms with Crippen molar-refractivity contribution >= 4 is 18.1 Å². The molecule has 0 amide bonds. The summed E-state index contributed by atoms with van der Waals surface area (Å²) in [5, 5.41) is 0. The number of hydrogen-bond acceptors (Lipinski definition) is 3. The zero-order valence-electron chi connectivity index (χ0n) is 13.7. The molecule has 2 aromatic rings. The Hall–Kier alpha value is -2.39. The number of nitrogens with zero attached hydrogens (tertiary/aromatic N) is 1. The third-order valence-electron chi connectivity index (χ3n) is 3.42. The molecule has 0 saturated heterocycles. The molecule has 2 aromatic carbocycles. The summed E-state index contributed by atoms with van der Waals surface area (Å²) in [6.07, 6.45) is 4.78. The molecule has 2 rings (SSSR count). The molecule has 23 heavy (non-hydrogen) atoms. The van der Waals surface area contributed by atoms with Crippen LogP contribution in [-0.4, -0.2) is 38.1 Å². The van der Waals surface area contributed by atoms with Gasteiger partial charge in [0.1, 0.15) is 0 Å². The molecule has 0 unspecified atom stereocenters. The summed E-state index contributed by atoms with van der Waals surface area (Å²) in [4.78, 5) is 14.3.